The molecule has 0 radical (unpaired) electrons. The fourth-order valence-electron chi connectivity index (χ4n) is 1.12. The Morgan fingerprint density at radius 1 is 1.31 bits per heavy atom. The van der Waals surface area contributed by atoms with Crippen LogP contribution < -0.4 is 10.6 Å². The van der Waals surface area contributed by atoms with E-state index in [-0.39, 0.29) is 0 Å². The Bertz CT molecular complexity index is 254. The van der Waals surface area contributed by atoms with Gasteiger partial charge in [-0.05, 0) is 13.5 Å². The van der Waals surface area contributed by atoms with E-state index in [4.69, 9.17) is 0 Å². The van der Waals surface area contributed by atoms with Crippen LogP contribution in [0.4, 0.5) is 13.2 Å². The molecule has 0 fully saturated rings. The molecule has 0 aliphatic carbocycles. The van der Waals surface area contributed by atoms with Crippen LogP contribution in [-0.4, -0.2) is 37.5 Å². The molecule has 94 valence electrons. The molecule has 0 aliphatic heterocycles. The number of nitrogens with one attached hydrogen (secondary N) is 2. The first-order valence-electron chi connectivity index (χ1n) is 4.88. The van der Waals surface area contributed by atoms with Gasteiger partial charge in [0.05, 0.1) is 6.04 Å². The molecule has 4 nitrogen and oxygen atoms in total. The van der Waals surface area contributed by atoms with Gasteiger partial charge in [0.1, 0.15) is 6.54 Å². The van der Waals surface area contributed by atoms with Crippen LogP contribution in [0.5, 0.6) is 0 Å². The van der Waals surface area contributed by atoms with E-state index in [2.05, 4.69) is 5.32 Å². The fourth-order valence-corrected chi connectivity index (χ4v) is 1.12. The molecule has 0 aliphatic rings. The predicted octanol–water partition coefficient (Wildman–Crippen LogP) is 0.622. The quantitative estimate of drug-likeness (QED) is 0.669. The van der Waals surface area contributed by atoms with Crippen molar-refractivity contribution >= 4 is 11.7 Å². The van der Waals surface area contributed by atoms with Crippen LogP contribution in [0.1, 0.15) is 19.8 Å². The first kappa shape index (κ1) is 14.9. The summed E-state index contributed by atoms with van der Waals surface area (Å²) in [4.78, 5) is 22.4. The highest BCUT2D eigenvalue weighted by atomic mass is 19.4. The maximum absolute atomic E-state index is 11.8. The van der Waals surface area contributed by atoms with Gasteiger partial charge in [-0.25, -0.2) is 0 Å². The van der Waals surface area contributed by atoms with E-state index in [9.17, 15) is 22.8 Å². The number of alkyl halides is 3. The van der Waals surface area contributed by atoms with E-state index in [0.717, 1.165) is 0 Å². The third-order valence-corrected chi connectivity index (χ3v) is 1.92. The number of hydrogen-bond acceptors (Lipinski definition) is 3. The normalized spacial score (nSPS) is 13.3. The third kappa shape index (κ3) is 5.69. The molecule has 1 atom stereocenters. The highest BCUT2D eigenvalue weighted by molar-refractivity contribution is 6.38. The minimum absolute atomic E-state index is 0.411. The number of Topliss-reactive ketones (excluding diaryl/α,β-unsaturated/α-hetero) is 1. The van der Waals surface area contributed by atoms with Crippen molar-refractivity contribution in [3.8, 4) is 0 Å². The highest BCUT2D eigenvalue weighted by Crippen LogP contribution is 2.12. The molecule has 0 saturated carbocycles. The van der Waals surface area contributed by atoms with E-state index in [0.29, 0.717) is 12.8 Å². The lowest BCUT2D eigenvalue weighted by Gasteiger charge is -2.14. The summed E-state index contributed by atoms with van der Waals surface area (Å²) in [5.41, 5.74) is 0. The van der Waals surface area contributed by atoms with Crippen molar-refractivity contribution in [3.63, 3.8) is 0 Å². The molecule has 2 N–H and O–H groups in total. The molecule has 0 bridgehead atoms. The number of likely N-dealkylation sites (N-methyl/N-ethyl adjacent to an activating group) is 1. The summed E-state index contributed by atoms with van der Waals surface area (Å²) in [6, 6.07) is -0.724. The molecule has 0 unspecified atom stereocenters. The van der Waals surface area contributed by atoms with E-state index < -0.39 is 30.5 Å². The number of hydrogen-bond donors (Lipinski definition) is 2. The Balaban J connectivity index is 4.21. The SMILES string of the molecule is CCC[C@H](NC)C(=O)C(=O)NCC(F)(F)F. The molecular weight excluding hydrogens is 225 g/mol. The van der Waals surface area contributed by atoms with Gasteiger partial charge < -0.3 is 10.6 Å². The second kappa shape index (κ2) is 6.47. The Kier molecular flexibility index (Phi) is 6.02. The Labute approximate surface area is 91.6 Å². The minimum Gasteiger partial charge on any atom is -0.340 e. The maximum Gasteiger partial charge on any atom is 0.405 e. The lowest BCUT2D eigenvalue weighted by molar-refractivity contribution is -0.146. The molecule has 0 spiro atoms. The number of carbonyl (C=O) groups excluding carboxylic acids is 2. The Hall–Kier alpha value is -1.11. The molecule has 0 saturated heterocycles. The van der Waals surface area contributed by atoms with Gasteiger partial charge in [-0.2, -0.15) is 13.2 Å². The van der Waals surface area contributed by atoms with Crippen molar-refractivity contribution in [3.05, 3.63) is 0 Å². The van der Waals surface area contributed by atoms with Crippen molar-refractivity contribution in [2.45, 2.75) is 32.0 Å². The van der Waals surface area contributed by atoms with Gasteiger partial charge in [0.25, 0.3) is 5.91 Å². The summed E-state index contributed by atoms with van der Waals surface area (Å²) in [5, 5.41) is 4.13. The van der Waals surface area contributed by atoms with Crippen molar-refractivity contribution < 1.29 is 22.8 Å². The molecule has 0 aromatic heterocycles. The topological polar surface area (TPSA) is 58.2 Å². The van der Waals surface area contributed by atoms with Crippen LogP contribution in [0, 0.1) is 0 Å². The summed E-state index contributed by atoms with van der Waals surface area (Å²) in [7, 11) is 1.48. The predicted molar refractivity (Wildman–Crippen MR) is 51.8 cm³/mol. The van der Waals surface area contributed by atoms with E-state index in [1.807, 2.05) is 6.92 Å². The van der Waals surface area contributed by atoms with Crippen molar-refractivity contribution in [1.82, 2.24) is 10.6 Å². The lowest BCUT2D eigenvalue weighted by Crippen LogP contribution is -2.46. The lowest BCUT2D eigenvalue weighted by atomic mass is 10.1. The van der Waals surface area contributed by atoms with Crippen molar-refractivity contribution in [2.24, 2.45) is 0 Å². The molecule has 0 aromatic rings. The second-order valence-electron chi connectivity index (χ2n) is 3.29. The summed E-state index contributed by atoms with van der Waals surface area (Å²) >= 11 is 0. The number of carbonyl (C=O) groups is 2. The van der Waals surface area contributed by atoms with Crippen LogP contribution in [0.3, 0.4) is 0 Å². The van der Waals surface area contributed by atoms with Gasteiger partial charge in [-0.15, -0.1) is 0 Å². The number of ketones is 1. The van der Waals surface area contributed by atoms with Crippen LogP contribution in [0.2, 0.25) is 0 Å². The van der Waals surface area contributed by atoms with Crippen LogP contribution in [0.25, 0.3) is 0 Å². The zero-order chi connectivity index (χ0) is 12.8. The molecule has 7 heteroatoms. The van der Waals surface area contributed by atoms with Gasteiger partial charge in [0.2, 0.25) is 5.78 Å². The summed E-state index contributed by atoms with van der Waals surface area (Å²) < 4.78 is 35.3. The Morgan fingerprint density at radius 2 is 1.88 bits per heavy atom. The zero-order valence-corrected chi connectivity index (χ0v) is 9.15. The highest BCUT2D eigenvalue weighted by Gasteiger charge is 2.30. The maximum atomic E-state index is 11.8. The van der Waals surface area contributed by atoms with E-state index in [1.54, 1.807) is 5.32 Å². The first-order chi connectivity index (χ1) is 7.31. The zero-order valence-electron chi connectivity index (χ0n) is 9.15. The molecule has 0 aromatic carbocycles. The summed E-state index contributed by atoms with van der Waals surface area (Å²) in [6.45, 7) is 0.325. The van der Waals surface area contributed by atoms with Crippen LogP contribution in [0.15, 0.2) is 0 Å². The summed E-state index contributed by atoms with van der Waals surface area (Å²) in [5.74, 6) is -2.07. The standard InChI is InChI=1S/C9H15F3N2O2/c1-3-4-6(13-2)7(15)8(16)14-5-9(10,11)12/h6,13H,3-5H2,1-2H3,(H,14,16)/t6-/m0/s1. The van der Waals surface area contributed by atoms with Gasteiger partial charge in [0.15, 0.2) is 0 Å². The fraction of sp³-hybridized carbons (Fsp3) is 0.778. The molecule has 0 heterocycles. The number of rotatable bonds is 6. The number of amides is 1. The molecular formula is C9H15F3N2O2. The van der Waals surface area contributed by atoms with Gasteiger partial charge >= 0.3 is 6.18 Å². The van der Waals surface area contributed by atoms with Crippen molar-refractivity contribution in [1.29, 1.82) is 0 Å². The average Bonchev–Trinajstić information content (AvgIpc) is 2.20. The van der Waals surface area contributed by atoms with E-state index >= 15 is 0 Å². The molecule has 16 heavy (non-hydrogen) atoms. The minimum atomic E-state index is -4.50. The number of halogens is 3. The van der Waals surface area contributed by atoms with Gasteiger partial charge in [-0.3, -0.25) is 9.59 Å². The van der Waals surface area contributed by atoms with Crippen LogP contribution in [-0.2, 0) is 9.59 Å². The largest absolute Gasteiger partial charge is 0.405 e. The van der Waals surface area contributed by atoms with Crippen LogP contribution >= 0.6 is 0 Å². The molecule has 0 rings (SSSR count). The summed E-state index contributed by atoms with van der Waals surface area (Å²) in [6.07, 6.45) is -3.44. The van der Waals surface area contributed by atoms with Gasteiger partial charge in [0, 0.05) is 0 Å². The Morgan fingerprint density at radius 3 is 2.25 bits per heavy atom. The third-order valence-electron chi connectivity index (χ3n) is 1.92. The van der Waals surface area contributed by atoms with Crippen molar-refractivity contribution in [2.75, 3.05) is 13.6 Å². The molecule has 1 amide bonds. The monoisotopic (exact) mass is 240 g/mol. The van der Waals surface area contributed by atoms with Gasteiger partial charge in [-0.1, -0.05) is 13.3 Å². The smallest absolute Gasteiger partial charge is 0.340 e. The van der Waals surface area contributed by atoms with E-state index in [1.165, 1.54) is 7.05 Å². The first-order valence-corrected chi connectivity index (χ1v) is 4.88. The average molecular weight is 240 g/mol. The second-order valence-corrected chi connectivity index (χ2v) is 3.29.